The number of amides is 1. The quantitative estimate of drug-likeness (QED) is 0.856. The molecule has 1 aliphatic carbocycles. The van der Waals surface area contributed by atoms with Gasteiger partial charge in [0.25, 0.3) is 0 Å². The Morgan fingerprint density at radius 2 is 1.82 bits per heavy atom. The fourth-order valence-corrected chi connectivity index (χ4v) is 3.95. The standard InChI is InChI=1S/C24H28N2O2/c1-14(2)20-13-28-23(25-20)15-10-11-17-16-8-6-7-9-18(16)21(19(17)12-15)22(27)26-24(3,4)5/h6-12,14,20-21H,13H2,1-5H3,(H,26,27)/t20-,21?/m1/s1. The predicted molar refractivity (Wildman–Crippen MR) is 113 cm³/mol. The first-order chi connectivity index (χ1) is 13.2. The van der Waals surface area contributed by atoms with Crippen molar-refractivity contribution in [1.29, 1.82) is 0 Å². The van der Waals surface area contributed by atoms with Gasteiger partial charge in [-0.15, -0.1) is 0 Å². The molecule has 0 spiro atoms. The molecule has 4 rings (SSSR count). The molecule has 28 heavy (non-hydrogen) atoms. The number of fused-ring (bicyclic) bond motifs is 3. The lowest BCUT2D eigenvalue weighted by molar-refractivity contribution is -0.123. The van der Waals surface area contributed by atoms with Crippen LogP contribution < -0.4 is 5.32 Å². The molecule has 0 fully saturated rings. The van der Waals surface area contributed by atoms with Crippen LogP contribution in [0.25, 0.3) is 11.1 Å². The SMILES string of the molecule is CC(C)[C@H]1COC(c2ccc3c(c2)C(C(=O)NC(C)(C)C)c2ccccc2-3)=N1. The van der Waals surface area contributed by atoms with Crippen molar-refractivity contribution >= 4 is 11.8 Å². The van der Waals surface area contributed by atoms with Crippen LogP contribution in [-0.4, -0.2) is 30.0 Å². The maximum absolute atomic E-state index is 13.2. The lowest BCUT2D eigenvalue weighted by Gasteiger charge is -2.24. The topological polar surface area (TPSA) is 50.7 Å². The molecule has 146 valence electrons. The minimum Gasteiger partial charge on any atom is -0.475 e. The summed E-state index contributed by atoms with van der Waals surface area (Å²) in [5.41, 5.74) is 5.00. The van der Waals surface area contributed by atoms with Gasteiger partial charge in [0.2, 0.25) is 11.8 Å². The molecule has 1 amide bonds. The third kappa shape index (κ3) is 3.32. The molecule has 4 nitrogen and oxygen atoms in total. The average molecular weight is 377 g/mol. The second-order valence-electron chi connectivity index (χ2n) is 9.12. The van der Waals surface area contributed by atoms with Crippen LogP contribution in [0.3, 0.4) is 0 Å². The van der Waals surface area contributed by atoms with E-state index >= 15 is 0 Å². The average Bonchev–Trinajstić information content (AvgIpc) is 3.23. The first-order valence-corrected chi connectivity index (χ1v) is 10.0. The van der Waals surface area contributed by atoms with Gasteiger partial charge >= 0.3 is 0 Å². The molecule has 0 bridgehead atoms. The first-order valence-electron chi connectivity index (χ1n) is 10.0. The highest BCUT2D eigenvalue weighted by molar-refractivity contribution is 6.00. The summed E-state index contributed by atoms with van der Waals surface area (Å²) in [5.74, 6) is 0.854. The minimum absolute atomic E-state index is 0.0326. The van der Waals surface area contributed by atoms with E-state index in [2.05, 4.69) is 49.5 Å². The van der Waals surface area contributed by atoms with Crippen LogP contribution in [0.1, 0.15) is 57.2 Å². The molecule has 0 saturated carbocycles. The summed E-state index contributed by atoms with van der Waals surface area (Å²) in [5, 5.41) is 3.15. The second kappa shape index (κ2) is 6.77. The normalized spacial score (nSPS) is 20.4. The van der Waals surface area contributed by atoms with E-state index in [1.807, 2.05) is 32.9 Å². The van der Waals surface area contributed by atoms with Gasteiger partial charge in [-0.25, -0.2) is 4.99 Å². The van der Waals surface area contributed by atoms with Crippen LogP contribution in [0.15, 0.2) is 47.5 Å². The molecule has 0 radical (unpaired) electrons. The predicted octanol–water partition coefficient (Wildman–Crippen LogP) is 4.52. The summed E-state index contributed by atoms with van der Waals surface area (Å²) in [6.07, 6.45) is 0. The lowest BCUT2D eigenvalue weighted by Crippen LogP contribution is -2.43. The highest BCUT2D eigenvalue weighted by atomic mass is 16.5. The molecule has 2 aromatic carbocycles. The molecule has 1 aliphatic heterocycles. The van der Waals surface area contributed by atoms with Crippen molar-refractivity contribution in [2.24, 2.45) is 10.9 Å². The highest BCUT2D eigenvalue weighted by Crippen LogP contribution is 2.45. The maximum atomic E-state index is 13.2. The number of aliphatic imine (C=N–C) groups is 1. The zero-order valence-electron chi connectivity index (χ0n) is 17.2. The summed E-state index contributed by atoms with van der Waals surface area (Å²) in [6.45, 7) is 11.0. The Balaban J connectivity index is 1.77. The fourth-order valence-electron chi connectivity index (χ4n) is 3.95. The third-order valence-electron chi connectivity index (χ3n) is 5.38. The van der Waals surface area contributed by atoms with E-state index in [4.69, 9.17) is 9.73 Å². The Bertz CT molecular complexity index is 953. The number of carbonyl (C=O) groups is 1. The highest BCUT2D eigenvalue weighted by Gasteiger charge is 2.36. The summed E-state index contributed by atoms with van der Waals surface area (Å²) < 4.78 is 5.88. The van der Waals surface area contributed by atoms with Crippen LogP contribution in [0, 0.1) is 5.92 Å². The molecule has 0 saturated heterocycles. The smallest absolute Gasteiger partial charge is 0.232 e. The summed E-state index contributed by atoms with van der Waals surface area (Å²) in [4.78, 5) is 17.9. The molecule has 2 atom stereocenters. The van der Waals surface area contributed by atoms with E-state index in [-0.39, 0.29) is 23.4 Å². The third-order valence-corrected chi connectivity index (χ3v) is 5.38. The van der Waals surface area contributed by atoms with E-state index in [0.717, 1.165) is 27.8 Å². The number of hydrogen-bond donors (Lipinski definition) is 1. The number of nitrogens with one attached hydrogen (secondary N) is 1. The van der Waals surface area contributed by atoms with Gasteiger partial charge in [-0.2, -0.15) is 0 Å². The van der Waals surface area contributed by atoms with Crippen molar-refractivity contribution in [3.63, 3.8) is 0 Å². The van der Waals surface area contributed by atoms with Gasteiger partial charge in [-0.1, -0.05) is 44.2 Å². The van der Waals surface area contributed by atoms with Gasteiger partial charge in [-0.3, -0.25) is 4.79 Å². The molecule has 1 N–H and O–H groups in total. The van der Waals surface area contributed by atoms with Gasteiger partial charge in [0, 0.05) is 11.1 Å². The van der Waals surface area contributed by atoms with Crippen molar-refractivity contribution in [2.45, 2.75) is 52.1 Å². The molecular formula is C24H28N2O2. The Labute approximate surface area is 167 Å². The number of ether oxygens (including phenoxy) is 1. The van der Waals surface area contributed by atoms with Crippen LogP contribution in [-0.2, 0) is 9.53 Å². The number of rotatable bonds is 3. The van der Waals surface area contributed by atoms with Crippen LogP contribution in [0.2, 0.25) is 0 Å². The number of carbonyl (C=O) groups excluding carboxylic acids is 1. The molecule has 2 aliphatic rings. The molecule has 1 heterocycles. The van der Waals surface area contributed by atoms with Crippen LogP contribution in [0.5, 0.6) is 0 Å². The lowest BCUT2D eigenvalue weighted by atomic mass is 9.93. The van der Waals surface area contributed by atoms with Crippen LogP contribution in [0.4, 0.5) is 0 Å². The van der Waals surface area contributed by atoms with E-state index in [1.54, 1.807) is 0 Å². The van der Waals surface area contributed by atoms with Gasteiger partial charge < -0.3 is 10.1 Å². The van der Waals surface area contributed by atoms with E-state index in [0.29, 0.717) is 18.4 Å². The Morgan fingerprint density at radius 1 is 1.11 bits per heavy atom. The fraction of sp³-hybridized carbons (Fsp3) is 0.417. The first kappa shape index (κ1) is 18.7. The van der Waals surface area contributed by atoms with Crippen molar-refractivity contribution < 1.29 is 9.53 Å². The van der Waals surface area contributed by atoms with Crippen LogP contribution >= 0.6 is 0 Å². The summed E-state index contributed by atoms with van der Waals surface area (Å²) in [7, 11) is 0. The summed E-state index contributed by atoms with van der Waals surface area (Å²) in [6, 6.07) is 14.6. The zero-order valence-corrected chi connectivity index (χ0v) is 17.2. The summed E-state index contributed by atoms with van der Waals surface area (Å²) >= 11 is 0. The maximum Gasteiger partial charge on any atom is 0.232 e. The Hall–Kier alpha value is -2.62. The Kier molecular flexibility index (Phi) is 4.53. The van der Waals surface area contributed by atoms with Gasteiger partial charge in [0.05, 0.1) is 12.0 Å². The largest absolute Gasteiger partial charge is 0.475 e. The van der Waals surface area contributed by atoms with Crippen molar-refractivity contribution in [1.82, 2.24) is 5.32 Å². The number of hydrogen-bond acceptors (Lipinski definition) is 3. The molecule has 1 unspecified atom stereocenters. The monoisotopic (exact) mass is 376 g/mol. The molecule has 2 aromatic rings. The minimum atomic E-state index is -0.312. The molecule has 4 heteroatoms. The number of benzene rings is 2. The Morgan fingerprint density at radius 3 is 2.50 bits per heavy atom. The van der Waals surface area contributed by atoms with Gasteiger partial charge in [0.1, 0.15) is 6.61 Å². The van der Waals surface area contributed by atoms with Gasteiger partial charge in [-0.05, 0) is 61.1 Å². The van der Waals surface area contributed by atoms with Gasteiger partial charge in [0.15, 0.2) is 0 Å². The van der Waals surface area contributed by atoms with E-state index < -0.39 is 0 Å². The molecule has 0 aromatic heterocycles. The van der Waals surface area contributed by atoms with Crippen molar-refractivity contribution in [3.8, 4) is 11.1 Å². The number of nitrogens with zero attached hydrogens (tertiary/aromatic N) is 1. The zero-order chi connectivity index (χ0) is 20.1. The molecular weight excluding hydrogens is 348 g/mol. The van der Waals surface area contributed by atoms with Crippen molar-refractivity contribution in [2.75, 3.05) is 6.61 Å². The van der Waals surface area contributed by atoms with Crippen molar-refractivity contribution in [3.05, 3.63) is 59.2 Å². The van der Waals surface area contributed by atoms with E-state index in [9.17, 15) is 4.79 Å². The second-order valence-corrected chi connectivity index (χ2v) is 9.12. The van der Waals surface area contributed by atoms with E-state index in [1.165, 1.54) is 0 Å².